The van der Waals surface area contributed by atoms with Crippen molar-refractivity contribution in [1.82, 2.24) is 0 Å². The van der Waals surface area contributed by atoms with Crippen molar-refractivity contribution in [2.45, 2.75) is 77.0 Å². The summed E-state index contributed by atoms with van der Waals surface area (Å²) in [5.41, 5.74) is 0. The van der Waals surface area contributed by atoms with Crippen molar-refractivity contribution < 1.29 is 5.11 Å². The Kier molecular flexibility index (Phi) is 4.31. The van der Waals surface area contributed by atoms with Crippen molar-refractivity contribution in [3.63, 3.8) is 0 Å². The summed E-state index contributed by atoms with van der Waals surface area (Å²) in [5, 5.41) is 8.77. The number of fused-ring (bicyclic) bond motifs is 7. The number of rotatable bonds is 8. The summed E-state index contributed by atoms with van der Waals surface area (Å²) in [5.74, 6) is 8.32. The third-order valence-corrected chi connectivity index (χ3v) is 7.89. The van der Waals surface area contributed by atoms with Crippen LogP contribution in [0.4, 0.5) is 0 Å². The molecule has 0 radical (unpaired) electrons. The van der Waals surface area contributed by atoms with Gasteiger partial charge in [-0.05, 0) is 73.5 Å². The van der Waals surface area contributed by atoms with Crippen molar-refractivity contribution in [1.29, 1.82) is 0 Å². The summed E-state index contributed by atoms with van der Waals surface area (Å²) in [6.45, 7) is 0.384. The van der Waals surface area contributed by atoms with Gasteiger partial charge in [0.1, 0.15) is 0 Å². The lowest BCUT2D eigenvalue weighted by Gasteiger charge is -2.74. The predicted octanol–water partition coefficient (Wildman–Crippen LogP) is 5.03. The maximum absolute atomic E-state index is 8.77. The van der Waals surface area contributed by atoms with Crippen LogP contribution < -0.4 is 0 Å². The molecule has 4 fully saturated rings. The zero-order chi connectivity index (χ0) is 14.2. The highest BCUT2D eigenvalue weighted by atomic mass is 16.2. The van der Waals surface area contributed by atoms with Crippen molar-refractivity contribution in [2.75, 3.05) is 6.61 Å². The highest BCUT2D eigenvalue weighted by Crippen LogP contribution is 2.74. The maximum Gasteiger partial charge on any atom is 0.0431 e. The van der Waals surface area contributed by atoms with E-state index in [1.165, 1.54) is 74.0 Å². The van der Waals surface area contributed by atoms with Crippen molar-refractivity contribution in [3.05, 3.63) is 0 Å². The first-order valence-corrected chi connectivity index (χ1v) is 10.0. The van der Waals surface area contributed by atoms with Gasteiger partial charge in [0.15, 0.2) is 0 Å². The molecule has 4 saturated carbocycles. The van der Waals surface area contributed by atoms with Crippen molar-refractivity contribution in [3.8, 4) is 0 Å². The van der Waals surface area contributed by atoms with Gasteiger partial charge in [-0.2, -0.15) is 0 Å². The molecular weight excluding hydrogens is 256 g/mol. The lowest BCUT2D eigenvalue weighted by molar-refractivity contribution is -0.264. The quantitative estimate of drug-likeness (QED) is 0.622. The zero-order valence-electron chi connectivity index (χ0n) is 13.7. The van der Waals surface area contributed by atoms with Gasteiger partial charge in [-0.25, -0.2) is 0 Å². The molecule has 4 aliphatic carbocycles. The van der Waals surface area contributed by atoms with E-state index < -0.39 is 0 Å². The van der Waals surface area contributed by atoms with Crippen LogP contribution in [0.3, 0.4) is 0 Å². The van der Waals surface area contributed by atoms with Crippen LogP contribution in [0.25, 0.3) is 0 Å². The number of hydrogen-bond donors (Lipinski definition) is 1. The third-order valence-electron chi connectivity index (χ3n) is 7.89. The Hall–Kier alpha value is -0.0400. The fourth-order valence-electron chi connectivity index (χ4n) is 6.75. The molecular formula is C20H34O. The Balaban J connectivity index is 1.11. The molecule has 0 aromatic heterocycles. The Morgan fingerprint density at radius 1 is 0.619 bits per heavy atom. The molecule has 7 atom stereocenters. The van der Waals surface area contributed by atoms with Crippen LogP contribution >= 0.6 is 0 Å². The van der Waals surface area contributed by atoms with Gasteiger partial charge in [0.25, 0.3) is 0 Å². The molecule has 4 aliphatic rings. The molecule has 120 valence electrons. The fourth-order valence-corrected chi connectivity index (χ4v) is 6.75. The van der Waals surface area contributed by atoms with E-state index in [4.69, 9.17) is 5.11 Å². The van der Waals surface area contributed by atoms with Gasteiger partial charge >= 0.3 is 0 Å². The largest absolute Gasteiger partial charge is 0.396 e. The summed E-state index contributed by atoms with van der Waals surface area (Å²) in [4.78, 5) is 0. The van der Waals surface area contributed by atoms with E-state index in [1.807, 2.05) is 0 Å². The first kappa shape index (κ1) is 14.5. The lowest BCUT2D eigenvalue weighted by atomic mass is 9.30. The van der Waals surface area contributed by atoms with Crippen LogP contribution in [-0.4, -0.2) is 11.7 Å². The molecule has 0 aliphatic heterocycles. The van der Waals surface area contributed by atoms with E-state index in [0.717, 1.165) is 12.3 Å². The van der Waals surface area contributed by atoms with Crippen molar-refractivity contribution in [2.24, 2.45) is 41.4 Å². The molecule has 0 spiro atoms. The van der Waals surface area contributed by atoms with Crippen LogP contribution in [0, 0.1) is 41.4 Å². The number of aliphatic hydroxyl groups excluding tert-OH is 1. The average Bonchev–Trinajstić information content (AvgIpc) is 2.48. The third kappa shape index (κ3) is 2.48. The second-order valence-electron chi connectivity index (χ2n) is 8.70. The number of aliphatic hydroxyl groups is 1. The summed E-state index contributed by atoms with van der Waals surface area (Å²) in [6, 6.07) is 0. The van der Waals surface area contributed by atoms with Crippen LogP contribution in [0.2, 0.25) is 0 Å². The highest BCUT2D eigenvalue weighted by molar-refractivity contribution is 5.16. The molecule has 0 unspecified atom stereocenters. The Bertz CT molecular complexity index is 346. The van der Waals surface area contributed by atoms with Gasteiger partial charge < -0.3 is 5.11 Å². The van der Waals surface area contributed by atoms with Gasteiger partial charge in [-0.3, -0.25) is 0 Å². The van der Waals surface area contributed by atoms with Gasteiger partial charge in [0.05, 0.1) is 0 Å². The normalized spacial score (nSPS) is 46.4. The van der Waals surface area contributed by atoms with Crippen molar-refractivity contribution >= 4 is 0 Å². The molecule has 0 aromatic carbocycles. The van der Waals surface area contributed by atoms with Gasteiger partial charge in [-0.1, -0.05) is 44.9 Å². The summed E-state index contributed by atoms with van der Waals surface area (Å²) in [6.07, 6.45) is 17.4. The fraction of sp³-hybridized carbons (Fsp3) is 1.00. The minimum absolute atomic E-state index is 0.384. The van der Waals surface area contributed by atoms with Crippen LogP contribution in [0.1, 0.15) is 77.0 Å². The molecule has 1 nitrogen and oxygen atoms in total. The van der Waals surface area contributed by atoms with Gasteiger partial charge in [0.2, 0.25) is 0 Å². The monoisotopic (exact) mass is 290 g/mol. The molecule has 0 saturated heterocycles. The minimum Gasteiger partial charge on any atom is -0.396 e. The van der Waals surface area contributed by atoms with Crippen LogP contribution in [0.15, 0.2) is 0 Å². The molecule has 0 heterocycles. The molecule has 1 heteroatoms. The standard InChI is InChI=1S/C20H34O/c21-12-6-4-2-1-3-5-7-14-8-9-17-18(13-14)20-16-11-10-15(16)19(17)20/h14-21H,1-13H2/t14-,15-,16+,17+,18-,19-,20+/m0/s1. The van der Waals surface area contributed by atoms with E-state index in [0.29, 0.717) is 6.61 Å². The summed E-state index contributed by atoms with van der Waals surface area (Å²) in [7, 11) is 0. The molecule has 0 bridgehead atoms. The topological polar surface area (TPSA) is 20.2 Å². The van der Waals surface area contributed by atoms with E-state index in [9.17, 15) is 0 Å². The van der Waals surface area contributed by atoms with E-state index >= 15 is 0 Å². The second-order valence-corrected chi connectivity index (χ2v) is 8.70. The average molecular weight is 290 g/mol. The summed E-state index contributed by atoms with van der Waals surface area (Å²) >= 11 is 0. The van der Waals surface area contributed by atoms with Crippen LogP contribution in [-0.2, 0) is 0 Å². The van der Waals surface area contributed by atoms with E-state index in [1.54, 1.807) is 32.1 Å². The highest BCUT2D eigenvalue weighted by Gasteiger charge is 2.68. The smallest absolute Gasteiger partial charge is 0.0431 e. The number of unbranched alkanes of at least 4 members (excludes halogenated alkanes) is 5. The second kappa shape index (κ2) is 6.22. The van der Waals surface area contributed by atoms with Crippen LogP contribution in [0.5, 0.6) is 0 Å². The first-order valence-electron chi connectivity index (χ1n) is 10.0. The SMILES string of the molecule is OCCCCCCCC[C@H]1CC[C@@H]2[C@H](C1)[C@H]1[C@@H]3CC[C@@H]3[C@@H]21. The van der Waals surface area contributed by atoms with E-state index in [-0.39, 0.29) is 0 Å². The Labute approximate surface area is 130 Å². The van der Waals surface area contributed by atoms with E-state index in [2.05, 4.69) is 0 Å². The maximum atomic E-state index is 8.77. The molecule has 0 amide bonds. The minimum atomic E-state index is 0.384. The first-order chi connectivity index (χ1) is 10.4. The Morgan fingerprint density at radius 3 is 1.90 bits per heavy atom. The molecule has 1 N–H and O–H groups in total. The molecule has 4 rings (SSSR count). The summed E-state index contributed by atoms with van der Waals surface area (Å²) < 4.78 is 0. The molecule has 0 aromatic rings. The lowest BCUT2D eigenvalue weighted by Crippen LogP contribution is -2.69. The molecule has 21 heavy (non-hydrogen) atoms. The zero-order valence-corrected chi connectivity index (χ0v) is 13.7. The van der Waals surface area contributed by atoms with Gasteiger partial charge in [-0.15, -0.1) is 0 Å². The Morgan fingerprint density at radius 2 is 1.19 bits per heavy atom. The number of hydrogen-bond acceptors (Lipinski definition) is 1. The predicted molar refractivity (Wildman–Crippen MR) is 86.9 cm³/mol. The van der Waals surface area contributed by atoms with Gasteiger partial charge in [0, 0.05) is 6.61 Å².